The van der Waals surface area contributed by atoms with Gasteiger partial charge in [-0.25, -0.2) is 0 Å². The van der Waals surface area contributed by atoms with Crippen molar-refractivity contribution in [3.05, 3.63) is 29.6 Å². The van der Waals surface area contributed by atoms with Gasteiger partial charge in [0.05, 0.1) is 0 Å². The minimum Gasteiger partial charge on any atom is -0.308 e. The largest absolute Gasteiger partial charge is 0.522 e. The van der Waals surface area contributed by atoms with E-state index >= 15 is 0 Å². The minimum atomic E-state index is -5.43. The Kier molecular flexibility index (Phi) is 8.43. The molecule has 0 aliphatic rings. The van der Waals surface area contributed by atoms with E-state index in [-0.39, 0.29) is 0 Å². The molecule has 0 amide bonds. The highest BCUT2D eigenvalue weighted by atomic mass is 32.2. The van der Waals surface area contributed by atoms with Crippen LogP contribution in [0.1, 0.15) is 32.2 Å². The number of hydrogen-bond donors (Lipinski definition) is 0. The molecule has 23 heavy (non-hydrogen) atoms. The van der Waals surface area contributed by atoms with E-state index in [1.54, 1.807) is 20.8 Å². The van der Waals surface area contributed by atoms with E-state index in [2.05, 4.69) is 8.86 Å². The number of halogens is 3. The van der Waals surface area contributed by atoms with Crippen LogP contribution in [-0.2, 0) is 14.0 Å². The topological polar surface area (TPSA) is 56.3 Å². The predicted molar refractivity (Wildman–Crippen MR) is 87.0 cm³/mol. The SMILES string of the molecule is CC[Si](CC)(CC)OS(=O)(=O)C(F)(F)F.Cc1cccc(C)n1. The summed E-state index contributed by atoms with van der Waals surface area (Å²) in [4.78, 5) is 4.17. The average Bonchev–Trinajstić information content (AvgIpc) is 2.44. The number of alkyl halides is 3. The van der Waals surface area contributed by atoms with Crippen LogP contribution in [0.15, 0.2) is 18.2 Å². The summed E-state index contributed by atoms with van der Waals surface area (Å²) in [6.07, 6.45) is 0. The summed E-state index contributed by atoms with van der Waals surface area (Å²) in [5.41, 5.74) is -3.14. The molecule has 0 aliphatic heterocycles. The summed E-state index contributed by atoms with van der Waals surface area (Å²) in [6.45, 7) is 8.96. The van der Waals surface area contributed by atoms with Crippen LogP contribution in [0.5, 0.6) is 0 Å². The predicted octanol–water partition coefficient (Wildman–Crippen LogP) is 4.56. The summed E-state index contributed by atoms with van der Waals surface area (Å²) in [5.74, 6) is 0. The van der Waals surface area contributed by atoms with Gasteiger partial charge in [-0.1, -0.05) is 26.8 Å². The van der Waals surface area contributed by atoms with Crippen molar-refractivity contribution in [3.63, 3.8) is 0 Å². The molecule has 134 valence electrons. The zero-order chi connectivity index (χ0) is 18.3. The van der Waals surface area contributed by atoms with Gasteiger partial charge in [-0.15, -0.1) is 0 Å². The van der Waals surface area contributed by atoms with Gasteiger partial charge in [0, 0.05) is 11.4 Å². The minimum absolute atomic E-state index is 0.356. The van der Waals surface area contributed by atoms with Gasteiger partial charge in [-0.2, -0.15) is 21.6 Å². The highest BCUT2D eigenvalue weighted by Gasteiger charge is 2.51. The fourth-order valence-electron chi connectivity index (χ4n) is 1.89. The van der Waals surface area contributed by atoms with Crippen LogP contribution in [0.4, 0.5) is 13.2 Å². The highest BCUT2D eigenvalue weighted by Crippen LogP contribution is 2.31. The van der Waals surface area contributed by atoms with Gasteiger partial charge in [0.2, 0.25) is 8.32 Å². The van der Waals surface area contributed by atoms with Crippen LogP contribution in [0.2, 0.25) is 18.1 Å². The molecule has 0 aliphatic carbocycles. The first kappa shape index (κ1) is 22.1. The van der Waals surface area contributed by atoms with Crippen LogP contribution < -0.4 is 0 Å². The van der Waals surface area contributed by atoms with Crippen LogP contribution in [0, 0.1) is 13.8 Å². The number of rotatable bonds is 5. The van der Waals surface area contributed by atoms with Gasteiger partial charge in [0.15, 0.2) is 0 Å². The average molecular weight is 371 g/mol. The number of pyridine rings is 1. The molecule has 0 spiro atoms. The second kappa shape index (κ2) is 8.79. The molecule has 0 atom stereocenters. The number of nitrogens with zero attached hydrogens (tertiary/aromatic N) is 1. The molecule has 1 rings (SSSR count). The van der Waals surface area contributed by atoms with Gasteiger partial charge >= 0.3 is 15.6 Å². The molecular formula is C14H24F3NO3SSi. The summed E-state index contributed by atoms with van der Waals surface area (Å²) < 4.78 is 62.3. The van der Waals surface area contributed by atoms with Gasteiger partial charge in [0.1, 0.15) is 0 Å². The van der Waals surface area contributed by atoms with Crippen LogP contribution in [0.3, 0.4) is 0 Å². The molecule has 1 heterocycles. The summed E-state index contributed by atoms with van der Waals surface area (Å²) in [6, 6.07) is 7.07. The lowest BCUT2D eigenvalue weighted by molar-refractivity contribution is -0.0504. The monoisotopic (exact) mass is 371 g/mol. The molecule has 0 saturated heterocycles. The van der Waals surface area contributed by atoms with Crippen molar-refractivity contribution < 1.29 is 25.5 Å². The fraction of sp³-hybridized carbons (Fsp3) is 0.643. The Labute approximate surface area is 137 Å². The Morgan fingerprint density at radius 1 is 1.04 bits per heavy atom. The van der Waals surface area contributed by atoms with E-state index in [0.717, 1.165) is 11.4 Å². The van der Waals surface area contributed by atoms with Gasteiger partial charge < -0.3 is 3.87 Å². The second-order valence-electron chi connectivity index (χ2n) is 5.15. The summed E-state index contributed by atoms with van der Waals surface area (Å²) in [7, 11) is -8.20. The van der Waals surface area contributed by atoms with Gasteiger partial charge in [0.25, 0.3) is 0 Å². The zero-order valence-corrected chi connectivity index (χ0v) is 15.9. The molecular weight excluding hydrogens is 347 g/mol. The molecule has 0 N–H and O–H groups in total. The second-order valence-corrected chi connectivity index (χ2v) is 11.7. The Bertz CT molecular complexity index is 562. The molecule has 9 heteroatoms. The summed E-state index contributed by atoms with van der Waals surface area (Å²) >= 11 is 0. The molecule has 0 radical (unpaired) electrons. The molecule has 1 aromatic rings. The van der Waals surface area contributed by atoms with Crippen molar-refractivity contribution >= 4 is 18.4 Å². The number of aromatic nitrogens is 1. The van der Waals surface area contributed by atoms with Crippen LogP contribution in [-0.4, -0.2) is 27.2 Å². The van der Waals surface area contributed by atoms with Gasteiger partial charge in [-0.05, 0) is 44.1 Å². The number of hydrogen-bond acceptors (Lipinski definition) is 4. The van der Waals surface area contributed by atoms with E-state index in [4.69, 9.17) is 0 Å². The van der Waals surface area contributed by atoms with Crippen molar-refractivity contribution in [2.75, 3.05) is 0 Å². The maximum atomic E-state index is 12.1. The fourth-order valence-corrected chi connectivity index (χ4v) is 7.04. The molecule has 0 aromatic carbocycles. The van der Waals surface area contributed by atoms with E-state index in [9.17, 15) is 21.6 Å². The van der Waals surface area contributed by atoms with Crippen LogP contribution >= 0.6 is 0 Å². The Morgan fingerprint density at radius 3 is 1.65 bits per heavy atom. The summed E-state index contributed by atoms with van der Waals surface area (Å²) in [5, 5.41) is 0. The Balaban J connectivity index is 0.000000502. The Hall–Kier alpha value is -0.933. The van der Waals surface area contributed by atoms with Crippen LogP contribution in [0.25, 0.3) is 0 Å². The Morgan fingerprint density at radius 2 is 1.43 bits per heavy atom. The van der Waals surface area contributed by atoms with Crippen molar-refractivity contribution in [3.8, 4) is 0 Å². The smallest absolute Gasteiger partial charge is 0.308 e. The van der Waals surface area contributed by atoms with Crippen molar-refractivity contribution in [2.45, 2.75) is 58.3 Å². The standard InChI is InChI=1S/C7H15F3O3SSi.C7H9N/c1-4-15(5-2,6-3)13-14(11,12)7(8,9)10;1-6-4-3-5-7(2)8-6/h4-6H2,1-3H3;3-5H,1-2H3. The maximum Gasteiger partial charge on any atom is 0.522 e. The van der Waals surface area contributed by atoms with Crippen molar-refractivity contribution in [1.82, 2.24) is 4.98 Å². The third kappa shape index (κ3) is 7.00. The van der Waals surface area contributed by atoms with E-state index in [0.29, 0.717) is 18.1 Å². The number of aryl methyl sites for hydroxylation is 2. The van der Waals surface area contributed by atoms with Gasteiger partial charge in [-0.3, -0.25) is 4.98 Å². The first-order chi connectivity index (χ1) is 10.4. The highest BCUT2D eigenvalue weighted by molar-refractivity contribution is 7.88. The van der Waals surface area contributed by atoms with Crippen molar-refractivity contribution in [2.24, 2.45) is 0 Å². The maximum absolute atomic E-state index is 12.1. The molecule has 0 unspecified atom stereocenters. The molecule has 1 aromatic heterocycles. The first-order valence-electron chi connectivity index (χ1n) is 7.35. The van der Waals surface area contributed by atoms with E-state index in [1.165, 1.54) is 0 Å². The lowest BCUT2D eigenvalue weighted by Gasteiger charge is -2.27. The molecule has 0 bridgehead atoms. The first-order valence-corrected chi connectivity index (χ1v) is 11.3. The lowest BCUT2D eigenvalue weighted by Crippen LogP contribution is -2.42. The zero-order valence-electron chi connectivity index (χ0n) is 14.1. The third-order valence-corrected chi connectivity index (χ3v) is 10.3. The van der Waals surface area contributed by atoms with E-state index < -0.39 is 23.9 Å². The molecule has 4 nitrogen and oxygen atoms in total. The quantitative estimate of drug-likeness (QED) is 0.562. The molecule has 0 fully saturated rings. The molecule has 0 saturated carbocycles. The lowest BCUT2D eigenvalue weighted by atomic mass is 10.3. The van der Waals surface area contributed by atoms with E-state index in [1.807, 2.05) is 32.0 Å². The third-order valence-electron chi connectivity index (χ3n) is 3.53. The van der Waals surface area contributed by atoms with Crippen molar-refractivity contribution in [1.29, 1.82) is 0 Å². The normalized spacial score (nSPS) is 12.5.